The van der Waals surface area contributed by atoms with Crippen LogP contribution in [0.1, 0.15) is 19.0 Å². The van der Waals surface area contributed by atoms with Crippen LogP contribution in [0.5, 0.6) is 0 Å². The molecule has 0 aliphatic heterocycles. The van der Waals surface area contributed by atoms with Crippen LogP contribution in [-0.2, 0) is 4.79 Å². The van der Waals surface area contributed by atoms with Crippen LogP contribution in [0, 0.1) is 6.92 Å². The zero-order chi connectivity index (χ0) is 13.8. The lowest BCUT2D eigenvalue weighted by molar-refractivity contribution is -0.118. The Bertz CT molecular complexity index is 579. The van der Waals surface area contributed by atoms with E-state index in [-0.39, 0.29) is 5.91 Å². The molecule has 0 aliphatic rings. The van der Waals surface area contributed by atoms with E-state index in [0.717, 1.165) is 24.5 Å². The molecule has 2 aromatic rings. The van der Waals surface area contributed by atoms with Gasteiger partial charge in [0.15, 0.2) is 0 Å². The van der Waals surface area contributed by atoms with Crippen molar-refractivity contribution >= 4 is 17.5 Å². The van der Waals surface area contributed by atoms with Crippen LogP contribution in [0.3, 0.4) is 0 Å². The van der Waals surface area contributed by atoms with E-state index in [1.165, 1.54) is 13.3 Å². The van der Waals surface area contributed by atoms with E-state index in [4.69, 9.17) is 0 Å². The third kappa shape index (κ3) is 3.18. The Labute approximate surface area is 111 Å². The number of aryl methyl sites for hydroxylation is 1. The van der Waals surface area contributed by atoms with Crippen molar-refractivity contribution in [3.8, 4) is 0 Å². The number of nitrogens with one attached hydrogen (secondary N) is 1. The van der Waals surface area contributed by atoms with Gasteiger partial charge in [-0.15, -0.1) is 0 Å². The highest BCUT2D eigenvalue weighted by atomic mass is 16.1. The summed E-state index contributed by atoms with van der Waals surface area (Å²) >= 11 is 0. The van der Waals surface area contributed by atoms with E-state index in [9.17, 15) is 4.79 Å². The van der Waals surface area contributed by atoms with Crippen LogP contribution in [0.4, 0.5) is 5.82 Å². The highest BCUT2D eigenvalue weighted by Gasteiger charge is 2.09. The lowest BCUT2D eigenvalue weighted by Gasteiger charge is -2.19. The lowest BCUT2D eigenvalue weighted by Crippen LogP contribution is -2.27. The number of anilines is 1. The van der Waals surface area contributed by atoms with Gasteiger partial charge in [-0.3, -0.25) is 4.79 Å². The number of nitrogens with zero attached hydrogens (tertiary/aromatic N) is 5. The number of fused-ring (bicyclic) bond motifs is 1. The number of rotatable bonds is 5. The predicted molar refractivity (Wildman–Crippen MR) is 72.1 cm³/mol. The smallest absolute Gasteiger partial charge is 0.254 e. The molecule has 2 heterocycles. The Kier molecular flexibility index (Phi) is 3.94. The Morgan fingerprint density at radius 1 is 1.53 bits per heavy atom. The molecule has 0 aliphatic carbocycles. The second-order valence-electron chi connectivity index (χ2n) is 4.49. The molecule has 7 heteroatoms. The molecule has 0 unspecified atom stereocenters. The van der Waals surface area contributed by atoms with Crippen molar-refractivity contribution in [3.05, 3.63) is 18.1 Å². The minimum absolute atomic E-state index is 0.000996. The monoisotopic (exact) mass is 262 g/mol. The van der Waals surface area contributed by atoms with Gasteiger partial charge in [0, 0.05) is 38.8 Å². The highest BCUT2D eigenvalue weighted by molar-refractivity contribution is 5.72. The molecule has 0 bridgehead atoms. The van der Waals surface area contributed by atoms with Gasteiger partial charge in [0.1, 0.15) is 12.1 Å². The van der Waals surface area contributed by atoms with Crippen LogP contribution in [0.15, 0.2) is 12.4 Å². The second-order valence-corrected chi connectivity index (χ2v) is 4.49. The largest absolute Gasteiger partial charge is 0.359 e. The summed E-state index contributed by atoms with van der Waals surface area (Å²) in [6.07, 6.45) is 2.37. The molecule has 0 fully saturated rings. The SMILES string of the molecule is CC(=O)NCCCN(C)c1cc(C)nc2ncnn12. The molecule has 102 valence electrons. The zero-order valence-electron chi connectivity index (χ0n) is 11.4. The summed E-state index contributed by atoms with van der Waals surface area (Å²) in [5.74, 6) is 1.55. The third-order valence-corrected chi connectivity index (χ3v) is 2.80. The summed E-state index contributed by atoms with van der Waals surface area (Å²) in [5, 5.41) is 6.95. The van der Waals surface area contributed by atoms with Crippen LogP contribution in [-0.4, -0.2) is 45.6 Å². The van der Waals surface area contributed by atoms with E-state index in [2.05, 4.69) is 25.3 Å². The first-order valence-corrected chi connectivity index (χ1v) is 6.21. The summed E-state index contributed by atoms with van der Waals surface area (Å²) in [6.45, 7) is 4.95. The van der Waals surface area contributed by atoms with Crippen molar-refractivity contribution < 1.29 is 4.79 Å². The quantitative estimate of drug-likeness (QED) is 0.789. The summed E-state index contributed by atoms with van der Waals surface area (Å²) < 4.78 is 1.71. The van der Waals surface area contributed by atoms with E-state index < -0.39 is 0 Å². The topological polar surface area (TPSA) is 75.4 Å². The summed E-state index contributed by atoms with van der Waals surface area (Å²) in [7, 11) is 1.99. The van der Waals surface area contributed by atoms with Crippen LogP contribution >= 0.6 is 0 Å². The molecule has 0 aromatic carbocycles. The summed E-state index contributed by atoms with van der Waals surface area (Å²) in [6, 6.07) is 1.97. The molecule has 0 spiro atoms. The number of carbonyl (C=O) groups is 1. The van der Waals surface area contributed by atoms with E-state index in [0.29, 0.717) is 12.3 Å². The molecular formula is C12H18N6O. The maximum atomic E-state index is 10.8. The highest BCUT2D eigenvalue weighted by Crippen LogP contribution is 2.14. The number of aromatic nitrogens is 4. The number of hydrogen-bond acceptors (Lipinski definition) is 5. The molecule has 0 saturated heterocycles. The maximum Gasteiger partial charge on any atom is 0.254 e. The molecule has 0 saturated carbocycles. The molecule has 7 nitrogen and oxygen atoms in total. The van der Waals surface area contributed by atoms with Crippen LogP contribution < -0.4 is 10.2 Å². The van der Waals surface area contributed by atoms with Crippen molar-refractivity contribution in [1.82, 2.24) is 24.9 Å². The molecule has 2 rings (SSSR count). The molecule has 1 amide bonds. The van der Waals surface area contributed by atoms with Gasteiger partial charge in [-0.25, -0.2) is 4.98 Å². The maximum absolute atomic E-state index is 10.8. The van der Waals surface area contributed by atoms with Gasteiger partial charge in [0.2, 0.25) is 5.91 Å². The lowest BCUT2D eigenvalue weighted by atomic mass is 10.3. The summed E-state index contributed by atoms with van der Waals surface area (Å²) in [4.78, 5) is 21.3. The van der Waals surface area contributed by atoms with Gasteiger partial charge >= 0.3 is 0 Å². The molecule has 0 radical (unpaired) electrons. The number of hydrogen-bond donors (Lipinski definition) is 1. The average Bonchev–Trinajstić information content (AvgIpc) is 2.80. The van der Waals surface area contributed by atoms with Crippen molar-refractivity contribution in [3.63, 3.8) is 0 Å². The van der Waals surface area contributed by atoms with E-state index >= 15 is 0 Å². The summed E-state index contributed by atoms with van der Waals surface area (Å²) in [5.41, 5.74) is 0.907. The van der Waals surface area contributed by atoms with Crippen molar-refractivity contribution in [2.45, 2.75) is 20.3 Å². The van der Waals surface area contributed by atoms with Gasteiger partial charge < -0.3 is 10.2 Å². The Balaban J connectivity index is 2.06. The molecule has 19 heavy (non-hydrogen) atoms. The molecule has 1 N–H and O–H groups in total. The average molecular weight is 262 g/mol. The predicted octanol–water partition coefficient (Wildman–Crippen LogP) is 0.395. The third-order valence-electron chi connectivity index (χ3n) is 2.80. The van der Waals surface area contributed by atoms with Gasteiger partial charge in [-0.1, -0.05) is 0 Å². The van der Waals surface area contributed by atoms with Gasteiger partial charge in [0.25, 0.3) is 5.78 Å². The molecule has 0 atom stereocenters. The fourth-order valence-electron chi connectivity index (χ4n) is 1.88. The van der Waals surface area contributed by atoms with Crippen molar-refractivity contribution in [1.29, 1.82) is 0 Å². The second kappa shape index (κ2) is 5.64. The minimum Gasteiger partial charge on any atom is -0.359 e. The Morgan fingerprint density at radius 2 is 2.32 bits per heavy atom. The number of carbonyl (C=O) groups excluding carboxylic acids is 1. The molecule has 2 aromatic heterocycles. The first-order chi connectivity index (χ1) is 9.08. The molecular weight excluding hydrogens is 244 g/mol. The van der Waals surface area contributed by atoms with E-state index in [1.54, 1.807) is 4.52 Å². The van der Waals surface area contributed by atoms with E-state index in [1.807, 2.05) is 20.0 Å². The van der Waals surface area contributed by atoms with Crippen LogP contribution in [0.25, 0.3) is 5.78 Å². The Morgan fingerprint density at radius 3 is 3.05 bits per heavy atom. The normalized spacial score (nSPS) is 10.7. The van der Waals surface area contributed by atoms with Gasteiger partial charge in [0.05, 0.1) is 0 Å². The van der Waals surface area contributed by atoms with Gasteiger partial charge in [-0.05, 0) is 13.3 Å². The Hall–Kier alpha value is -2.18. The zero-order valence-corrected chi connectivity index (χ0v) is 11.4. The fourth-order valence-corrected chi connectivity index (χ4v) is 1.88. The van der Waals surface area contributed by atoms with Crippen molar-refractivity contribution in [2.75, 3.05) is 25.0 Å². The fraction of sp³-hybridized carbons (Fsp3) is 0.500. The standard InChI is InChI=1S/C12H18N6O/c1-9-7-11(18-12(16-9)14-8-15-18)17(3)6-4-5-13-10(2)19/h7-8H,4-6H2,1-3H3,(H,13,19). The first kappa shape index (κ1) is 13.3. The minimum atomic E-state index is 0.000996. The first-order valence-electron chi connectivity index (χ1n) is 6.21. The van der Waals surface area contributed by atoms with Crippen LogP contribution in [0.2, 0.25) is 0 Å². The number of amides is 1. The van der Waals surface area contributed by atoms with Gasteiger partial charge in [-0.2, -0.15) is 14.6 Å². The van der Waals surface area contributed by atoms with Crippen molar-refractivity contribution in [2.24, 2.45) is 0 Å².